The van der Waals surface area contributed by atoms with Crippen LogP contribution >= 0.6 is 0 Å². The minimum absolute atomic E-state index is 0.0110. The molecule has 1 amide bonds. The molecule has 0 spiro atoms. The molecule has 4 rings (SSSR count). The second kappa shape index (κ2) is 7.83. The first kappa shape index (κ1) is 18.2. The van der Waals surface area contributed by atoms with Gasteiger partial charge < -0.3 is 10.1 Å². The number of morpholine rings is 1. The summed E-state index contributed by atoms with van der Waals surface area (Å²) in [4.78, 5) is 15.1. The lowest BCUT2D eigenvalue weighted by atomic mass is 10.1. The molecule has 142 valence electrons. The van der Waals surface area contributed by atoms with Crippen LogP contribution in [0.25, 0.3) is 0 Å². The van der Waals surface area contributed by atoms with Gasteiger partial charge in [0.25, 0.3) is 5.91 Å². The predicted molar refractivity (Wildman–Crippen MR) is 107 cm³/mol. The number of fused-ring (bicyclic) bond motifs is 1. The van der Waals surface area contributed by atoms with Gasteiger partial charge in [-0.3, -0.25) is 9.69 Å². The van der Waals surface area contributed by atoms with Gasteiger partial charge in [-0.15, -0.1) is 0 Å². The van der Waals surface area contributed by atoms with Crippen LogP contribution in [0.2, 0.25) is 0 Å². The molecule has 4 heteroatoms. The first-order valence-corrected chi connectivity index (χ1v) is 9.94. The fraction of sp³-hybridized carbons (Fsp3) is 0.435. The summed E-state index contributed by atoms with van der Waals surface area (Å²) in [6, 6.07) is 16.6. The normalized spacial score (nSPS) is 25.2. The van der Waals surface area contributed by atoms with Gasteiger partial charge >= 0.3 is 0 Å². The largest absolute Gasteiger partial charge is 0.373 e. The molecule has 0 radical (unpaired) electrons. The summed E-state index contributed by atoms with van der Waals surface area (Å²) < 4.78 is 5.80. The van der Waals surface area contributed by atoms with Gasteiger partial charge in [0, 0.05) is 25.2 Å². The number of carbonyl (C=O) groups excluding carboxylic acids is 1. The van der Waals surface area contributed by atoms with E-state index in [1.165, 1.54) is 16.7 Å². The first-order valence-electron chi connectivity index (χ1n) is 9.94. The molecule has 27 heavy (non-hydrogen) atoms. The Bertz CT molecular complexity index is 792. The number of ether oxygens (including phenoxy) is 1. The van der Waals surface area contributed by atoms with E-state index >= 15 is 0 Å². The van der Waals surface area contributed by atoms with Crippen LogP contribution in [-0.4, -0.2) is 36.1 Å². The van der Waals surface area contributed by atoms with Crippen molar-refractivity contribution in [1.29, 1.82) is 0 Å². The summed E-state index contributed by atoms with van der Waals surface area (Å²) in [5.41, 5.74) is 4.58. The number of rotatable bonds is 4. The Labute approximate surface area is 161 Å². The van der Waals surface area contributed by atoms with Gasteiger partial charge in [-0.2, -0.15) is 0 Å². The molecule has 1 heterocycles. The lowest BCUT2D eigenvalue weighted by Gasteiger charge is -2.35. The fourth-order valence-corrected chi connectivity index (χ4v) is 4.38. The number of nitrogens with zero attached hydrogens (tertiary/aromatic N) is 1. The molecule has 1 aliphatic carbocycles. The highest BCUT2D eigenvalue weighted by Crippen LogP contribution is 2.30. The predicted octanol–water partition coefficient (Wildman–Crippen LogP) is 3.71. The SMILES string of the molecule is C[C@@H]1CN(Cc2ccc(C(=O)N[C@@H]3CCc4ccccc43)cc2)C[C@@H](C)O1. The average Bonchev–Trinajstić information content (AvgIpc) is 3.04. The molecule has 1 fully saturated rings. The monoisotopic (exact) mass is 364 g/mol. The quantitative estimate of drug-likeness (QED) is 0.899. The Morgan fingerprint density at radius 2 is 1.78 bits per heavy atom. The number of carbonyl (C=O) groups is 1. The standard InChI is InChI=1S/C23H28N2O2/c1-16-13-25(14-17(2)27-16)15-18-7-9-20(10-8-18)23(26)24-22-12-11-19-5-3-4-6-21(19)22/h3-10,16-17,22H,11-15H2,1-2H3,(H,24,26)/t16-,17-,22-/m1/s1. The van der Waals surface area contributed by atoms with Crippen molar-refractivity contribution in [2.45, 2.75) is 51.5 Å². The van der Waals surface area contributed by atoms with E-state index in [-0.39, 0.29) is 24.2 Å². The van der Waals surface area contributed by atoms with Crippen LogP contribution < -0.4 is 5.32 Å². The minimum atomic E-state index is 0.0110. The number of nitrogens with one attached hydrogen (secondary N) is 1. The Morgan fingerprint density at radius 1 is 1.07 bits per heavy atom. The van der Waals surface area contributed by atoms with Crippen molar-refractivity contribution in [2.24, 2.45) is 0 Å². The lowest BCUT2D eigenvalue weighted by molar-refractivity contribution is -0.0704. The molecule has 3 atom stereocenters. The van der Waals surface area contributed by atoms with Crippen LogP contribution in [0.3, 0.4) is 0 Å². The van der Waals surface area contributed by atoms with Crippen LogP contribution in [-0.2, 0) is 17.7 Å². The van der Waals surface area contributed by atoms with Gasteiger partial charge in [-0.1, -0.05) is 36.4 Å². The maximum atomic E-state index is 12.7. The minimum Gasteiger partial charge on any atom is -0.373 e. The van der Waals surface area contributed by atoms with E-state index in [1.54, 1.807) is 0 Å². The molecule has 2 aliphatic rings. The third-order valence-electron chi connectivity index (χ3n) is 5.56. The van der Waals surface area contributed by atoms with Gasteiger partial charge in [0.2, 0.25) is 0 Å². The number of amides is 1. The Balaban J connectivity index is 1.37. The Kier molecular flexibility index (Phi) is 5.28. The van der Waals surface area contributed by atoms with Crippen molar-refractivity contribution in [3.8, 4) is 0 Å². The molecule has 2 aromatic rings. The van der Waals surface area contributed by atoms with Crippen LogP contribution in [0.1, 0.15) is 53.4 Å². The van der Waals surface area contributed by atoms with Crippen molar-refractivity contribution in [3.05, 3.63) is 70.8 Å². The average molecular weight is 364 g/mol. The molecule has 1 N–H and O–H groups in total. The molecular weight excluding hydrogens is 336 g/mol. The van der Waals surface area contributed by atoms with E-state index in [1.807, 2.05) is 18.2 Å². The number of hydrogen-bond acceptors (Lipinski definition) is 3. The zero-order valence-electron chi connectivity index (χ0n) is 16.2. The number of hydrogen-bond donors (Lipinski definition) is 1. The third kappa shape index (κ3) is 4.23. The van der Waals surface area contributed by atoms with Gasteiger partial charge in [0.1, 0.15) is 0 Å². The van der Waals surface area contributed by atoms with Crippen LogP contribution in [0.4, 0.5) is 0 Å². The molecule has 0 aromatic heterocycles. The highest BCUT2D eigenvalue weighted by atomic mass is 16.5. The van der Waals surface area contributed by atoms with E-state index < -0.39 is 0 Å². The fourth-order valence-electron chi connectivity index (χ4n) is 4.38. The van der Waals surface area contributed by atoms with E-state index in [4.69, 9.17) is 4.74 Å². The van der Waals surface area contributed by atoms with E-state index in [9.17, 15) is 4.79 Å². The maximum Gasteiger partial charge on any atom is 0.251 e. The van der Waals surface area contributed by atoms with Crippen molar-refractivity contribution in [2.75, 3.05) is 13.1 Å². The third-order valence-corrected chi connectivity index (χ3v) is 5.56. The second-order valence-corrected chi connectivity index (χ2v) is 7.91. The summed E-state index contributed by atoms with van der Waals surface area (Å²) in [5.74, 6) is 0.0110. The van der Waals surface area contributed by atoms with Crippen LogP contribution in [0, 0.1) is 0 Å². The zero-order valence-corrected chi connectivity index (χ0v) is 16.2. The van der Waals surface area contributed by atoms with Crippen molar-refractivity contribution in [1.82, 2.24) is 10.2 Å². The van der Waals surface area contributed by atoms with Gasteiger partial charge in [-0.25, -0.2) is 0 Å². The summed E-state index contributed by atoms with van der Waals surface area (Å²) >= 11 is 0. The van der Waals surface area contributed by atoms with Crippen molar-refractivity contribution in [3.63, 3.8) is 0 Å². The molecule has 0 bridgehead atoms. The first-order chi connectivity index (χ1) is 13.1. The molecule has 2 aromatic carbocycles. The molecule has 0 unspecified atom stereocenters. The maximum absolute atomic E-state index is 12.7. The topological polar surface area (TPSA) is 41.6 Å². The molecule has 0 saturated carbocycles. The molecule has 4 nitrogen and oxygen atoms in total. The van der Waals surface area contributed by atoms with Gasteiger partial charge in [0.15, 0.2) is 0 Å². The zero-order chi connectivity index (χ0) is 18.8. The van der Waals surface area contributed by atoms with Gasteiger partial charge in [0.05, 0.1) is 18.2 Å². The summed E-state index contributed by atoms with van der Waals surface area (Å²) in [6.07, 6.45) is 2.56. The molecule has 1 saturated heterocycles. The Morgan fingerprint density at radius 3 is 2.52 bits per heavy atom. The lowest BCUT2D eigenvalue weighted by Crippen LogP contribution is -2.44. The summed E-state index contributed by atoms with van der Waals surface area (Å²) in [7, 11) is 0. The number of aryl methyl sites for hydroxylation is 1. The van der Waals surface area contributed by atoms with Crippen molar-refractivity contribution < 1.29 is 9.53 Å². The van der Waals surface area contributed by atoms with Crippen molar-refractivity contribution >= 4 is 5.91 Å². The van der Waals surface area contributed by atoms with E-state index in [0.29, 0.717) is 0 Å². The summed E-state index contributed by atoms with van der Waals surface area (Å²) in [5, 5.41) is 3.20. The highest BCUT2D eigenvalue weighted by molar-refractivity contribution is 5.94. The van der Waals surface area contributed by atoms with Crippen LogP contribution in [0.5, 0.6) is 0 Å². The number of benzene rings is 2. The summed E-state index contributed by atoms with van der Waals surface area (Å²) in [6.45, 7) is 7.05. The van der Waals surface area contributed by atoms with E-state index in [0.717, 1.165) is 38.0 Å². The molecular formula is C23H28N2O2. The second-order valence-electron chi connectivity index (χ2n) is 7.91. The Hall–Kier alpha value is -2.17. The smallest absolute Gasteiger partial charge is 0.251 e. The van der Waals surface area contributed by atoms with Gasteiger partial charge in [-0.05, 0) is 55.5 Å². The molecule has 1 aliphatic heterocycles. The van der Waals surface area contributed by atoms with E-state index in [2.05, 4.69) is 54.4 Å². The van der Waals surface area contributed by atoms with Crippen LogP contribution in [0.15, 0.2) is 48.5 Å². The highest BCUT2D eigenvalue weighted by Gasteiger charge is 2.24.